The lowest BCUT2D eigenvalue weighted by molar-refractivity contribution is 0.177. The third-order valence-electron chi connectivity index (χ3n) is 5.22. The second-order valence-corrected chi connectivity index (χ2v) is 6.83. The first-order valence-corrected chi connectivity index (χ1v) is 8.59. The maximum Gasteiger partial charge on any atom is 0.266 e. The predicted octanol–water partition coefficient (Wildman–Crippen LogP) is 2.90. The van der Waals surface area contributed by atoms with Gasteiger partial charge in [-0.2, -0.15) is 4.98 Å². The highest BCUT2D eigenvalue weighted by atomic mass is 16.5. The van der Waals surface area contributed by atoms with Crippen molar-refractivity contribution in [3.63, 3.8) is 0 Å². The van der Waals surface area contributed by atoms with Gasteiger partial charge in [0.05, 0.1) is 0 Å². The number of rotatable bonds is 4. The summed E-state index contributed by atoms with van der Waals surface area (Å²) in [6.45, 7) is 2.84. The molecule has 21 heavy (non-hydrogen) atoms. The number of nitrogens with two attached hydrogens (primary N) is 1. The van der Waals surface area contributed by atoms with Crippen molar-refractivity contribution in [2.24, 2.45) is 11.1 Å². The Morgan fingerprint density at radius 3 is 2.33 bits per heavy atom. The largest absolute Gasteiger partial charge is 0.338 e. The summed E-state index contributed by atoms with van der Waals surface area (Å²) in [7, 11) is 0. The highest BCUT2D eigenvalue weighted by Gasteiger charge is 2.33. The van der Waals surface area contributed by atoms with E-state index < -0.39 is 0 Å². The molecule has 1 aliphatic heterocycles. The van der Waals surface area contributed by atoms with Gasteiger partial charge in [0, 0.05) is 19.5 Å². The van der Waals surface area contributed by atoms with Crippen molar-refractivity contribution in [2.45, 2.75) is 64.2 Å². The van der Waals surface area contributed by atoms with Crippen LogP contribution in [0.4, 0.5) is 5.95 Å². The van der Waals surface area contributed by atoms with Gasteiger partial charge >= 0.3 is 0 Å². The van der Waals surface area contributed by atoms with Crippen LogP contribution in [0.1, 0.15) is 63.7 Å². The Labute approximate surface area is 127 Å². The molecule has 0 spiro atoms. The zero-order valence-corrected chi connectivity index (χ0v) is 13.0. The van der Waals surface area contributed by atoms with Crippen molar-refractivity contribution in [1.82, 2.24) is 10.1 Å². The van der Waals surface area contributed by atoms with Crippen LogP contribution in [0.5, 0.6) is 0 Å². The number of hydrogen-bond donors (Lipinski definition) is 1. The second kappa shape index (κ2) is 6.77. The summed E-state index contributed by atoms with van der Waals surface area (Å²) < 4.78 is 5.53. The molecule has 0 unspecified atom stereocenters. The van der Waals surface area contributed by atoms with E-state index in [-0.39, 0.29) is 5.41 Å². The Morgan fingerprint density at radius 2 is 1.67 bits per heavy atom. The summed E-state index contributed by atoms with van der Waals surface area (Å²) in [5.74, 6) is 1.57. The van der Waals surface area contributed by atoms with Crippen LogP contribution in [-0.2, 0) is 6.42 Å². The van der Waals surface area contributed by atoms with E-state index in [9.17, 15) is 0 Å². The van der Waals surface area contributed by atoms with Crippen molar-refractivity contribution < 1.29 is 4.52 Å². The summed E-state index contributed by atoms with van der Waals surface area (Å²) in [5.41, 5.74) is 6.25. The van der Waals surface area contributed by atoms with Crippen LogP contribution >= 0.6 is 0 Å². The lowest BCUT2D eigenvalue weighted by Gasteiger charge is -2.34. The number of hydrogen-bond acceptors (Lipinski definition) is 5. The molecular formula is C16H28N4O. The first-order valence-electron chi connectivity index (χ1n) is 8.59. The molecule has 2 heterocycles. The second-order valence-electron chi connectivity index (χ2n) is 6.83. The van der Waals surface area contributed by atoms with Gasteiger partial charge < -0.3 is 15.2 Å². The SMILES string of the molecule is NCC1(Cc2nc(N3CCCCCC3)no2)CCCCC1. The Kier molecular flexibility index (Phi) is 4.78. The fraction of sp³-hybridized carbons (Fsp3) is 0.875. The summed E-state index contributed by atoms with van der Waals surface area (Å²) in [4.78, 5) is 6.93. The van der Waals surface area contributed by atoms with E-state index in [1.807, 2.05) is 0 Å². The van der Waals surface area contributed by atoms with Gasteiger partial charge in [-0.3, -0.25) is 0 Å². The normalized spacial score (nSPS) is 23.0. The fourth-order valence-electron chi connectivity index (χ4n) is 3.79. The van der Waals surface area contributed by atoms with E-state index in [0.29, 0.717) is 0 Å². The average Bonchev–Trinajstić information content (AvgIpc) is 2.81. The maximum atomic E-state index is 6.06. The molecule has 1 saturated carbocycles. The summed E-state index contributed by atoms with van der Waals surface area (Å²) in [6, 6.07) is 0. The fourth-order valence-corrected chi connectivity index (χ4v) is 3.79. The van der Waals surface area contributed by atoms with E-state index >= 15 is 0 Å². The molecule has 1 aromatic rings. The van der Waals surface area contributed by atoms with Gasteiger partial charge in [0.15, 0.2) is 0 Å². The molecule has 1 saturated heterocycles. The number of anilines is 1. The third kappa shape index (κ3) is 3.57. The van der Waals surface area contributed by atoms with Crippen molar-refractivity contribution in [3.8, 4) is 0 Å². The first kappa shape index (κ1) is 14.8. The zero-order valence-electron chi connectivity index (χ0n) is 13.0. The third-order valence-corrected chi connectivity index (χ3v) is 5.22. The highest BCUT2D eigenvalue weighted by molar-refractivity contribution is 5.27. The van der Waals surface area contributed by atoms with Crippen LogP contribution in [0.15, 0.2) is 4.52 Å². The summed E-state index contributed by atoms with van der Waals surface area (Å²) >= 11 is 0. The smallest absolute Gasteiger partial charge is 0.266 e. The van der Waals surface area contributed by atoms with Gasteiger partial charge in [0.1, 0.15) is 0 Å². The highest BCUT2D eigenvalue weighted by Crippen LogP contribution is 2.38. The topological polar surface area (TPSA) is 68.2 Å². The van der Waals surface area contributed by atoms with Gasteiger partial charge in [-0.15, -0.1) is 0 Å². The lowest BCUT2D eigenvalue weighted by atomic mass is 9.72. The molecule has 2 fully saturated rings. The minimum absolute atomic E-state index is 0.195. The molecule has 1 aromatic heterocycles. The first-order chi connectivity index (χ1) is 10.3. The van der Waals surface area contributed by atoms with Gasteiger partial charge in [-0.25, -0.2) is 0 Å². The molecule has 1 aliphatic carbocycles. The molecule has 0 radical (unpaired) electrons. The molecule has 118 valence electrons. The summed E-state index contributed by atoms with van der Waals surface area (Å²) in [5, 5.41) is 4.21. The van der Waals surface area contributed by atoms with E-state index in [1.165, 1.54) is 57.8 Å². The Hall–Kier alpha value is -1.10. The minimum Gasteiger partial charge on any atom is -0.338 e. The molecule has 2 aliphatic rings. The zero-order chi connectivity index (χ0) is 14.5. The number of nitrogens with zero attached hydrogens (tertiary/aromatic N) is 3. The molecule has 0 atom stereocenters. The standard InChI is InChI=1S/C16H28N4O/c17-13-16(8-4-3-5-9-16)12-14-18-15(19-21-14)20-10-6-1-2-7-11-20/h1-13,17H2. The quantitative estimate of drug-likeness (QED) is 0.924. The lowest BCUT2D eigenvalue weighted by Crippen LogP contribution is -2.35. The minimum atomic E-state index is 0.195. The van der Waals surface area contributed by atoms with Gasteiger partial charge in [-0.05, 0) is 42.8 Å². The van der Waals surface area contributed by atoms with E-state index in [2.05, 4.69) is 15.0 Å². The van der Waals surface area contributed by atoms with Crippen molar-refractivity contribution >= 4 is 5.95 Å². The van der Waals surface area contributed by atoms with Gasteiger partial charge in [-0.1, -0.05) is 32.1 Å². The molecule has 0 bridgehead atoms. The molecule has 0 amide bonds. The van der Waals surface area contributed by atoms with E-state index in [1.54, 1.807) is 0 Å². The van der Waals surface area contributed by atoms with Crippen LogP contribution in [-0.4, -0.2) is 29.8 Å². The molecule has 2 N–H and O–H groups in total. The molecular weight excluding hydrogens is 264 g/mol. The van der Waals surface area contributed by atoms with Crippen molar-refractivity contribution in [1.29, 1.82) is 0 Å². The van der Waals surface area contributed by atoms with Gasteiger partial charge in [0.25, 0.3) is 5.95 Å². The maximum absolute atomic E-state index is 6.06. The Bertz CT molecular complexity index is 431. The van der Waals surface area contributed by atoms with E-state index in [4.69, 9.17) is 10.3 Å². The molecule has 5 heteroatoms. The van der Waals surface area contributed by atoms with Crippen LogP contribution in [0.3, 0.4) is 0 Å². The predicted molar refractivity (Wildman–Crippen MR) is 83.3 cm³/mol. The van der Waals surface area contributed by atoms with Crippen molar-refractivity contribution in [2.75, 3.05) is 24.5 Å². The molecule has 5 nitrogen and oxygen atoms in total. The van der Waals surface area contributed by atoms with Crippen LogP contribution in [0.25, 0.3) is 0 Å². The average molecular weight is 292 g/mol. The Balaban J connectivity index is 1.66. The van der Waals surface area contributed by atoms with Crippen LogP contribution in [0, 0.1) is 5.41 Å². The monoisotopic (exact) mass is 292 g/mol. The summed E-state index contributed by atoms with van der Waals surface area (Å²) in [6.07, 6.45) is 12.3. The number of aromatic nitrogens is 2. The molecule has 3 rings (SSSR count). The Morgan fingerprint density at radius 1 is 1.00 bits per heavy atom. The van der Waals surface area contributed by atoms with Gasteiger partial charge in [0.2, 0.25) is 5.89 Å². The van der Waals surface area contributed by atoms with Crippen LogP contribution in [0.2, 0.25) is 0 Å². The van der Waals surface area contributed by atoms with Crippen molar-refractivity contribution in [3.05, 3.63) is 5.89 Å². The van der Waals surface area contributed by atoms with E-state index in [0.717, 1.165) is 37.9 Å². The van der Waals surface area contributed by atoms with Crippen LogP contribution < -0.4 is 10.6 Å². The molecule has 0 aromatic carbocycles.